The molecule has 2 aliphatic heterocycles. The predicted octanol–water partition coefficient (Wildman–Crippen LogP) is 3.45. The molecule has 0 bridgehead atoms. The minimum Gasteiger partial charge on any atom is -0.454 e. The molecule has 7 heteroatoms. The van der Waals surface area contributed by atoms with Gasteiger partial charge in [-0.25, -0.2) is 0 Å². The van der Waals surface area contributed by atoms with Gasteiger partial charge in [-0.3, -0.25) is 14.5 Å². The second-order valence-electron chi connectivity index (χ2n) is 5.96. The minimum absolute atomic E-state index is 0.126. The Hall–Kier alpha value is -3.25. The first kappa shape index (κ1) is 17.2. The highest BCUT2D eigenvalue weighted by Crippen LogP contribution is 2.36. The van der Waals surface area contributed by atoms with E-state index in [0.29, 0.717) is 27.8 Å². The van der Waals surface area contributed by atoms with Crippen molar-refractivity contribution in [2.75, 3.05) is 18.7 Å². The van der Waals surface area contributed by atoms with Gasteiger partial charge in [0.1, 0.15) is 5.70 Å². The summed E-state index contributed by atoms with van der Waals surface area (Å²) in [5.74, 6) is 0.413. The van der Waals surface area contributed by atoms with Crippen LogP contribution in [0.5, 0.6) is 11.5 Å². The molecule has 2 aliphatic rings. The number of ether oxygens (including phenoxy) is 2. The van der Waals surface area contributed by atoms with Gasteiger partial charge in [0.05, 0.1) is 5.57 Å². The number of fused-ring (bicyclic) bond motifs is 1. The molecule has 4 rings (SSSR count). The van der Waals surface area contributed by atoms with E-state index in [4.69, 9.17) is 21.1 Å². The second-order valence-corrected chi connectivity index (χ2v) is 6.40. The Kier molecular flexibility index (Phi) is 4.33. The van der Waals surface area contributed by atoms with E-state index < -0.39 is 5.91 Å². The number of imide groups is 1. The maximum absolute atomic E-state index is 12.9. The number of nitrogens with zero attached hydrogens (tertiary/aromatic N) is 1. The number of benzene rings is 2. The molecule has 1 N–H and O–H groups in total. The topological polar surface area (TPSA) is 67.9 Å². The first-order valence-corrected chi connectivity index (χ1v) is 8.60. The normalized spacial score (nSPS) is 15.5. The largest absolute Gasteiger partial charge is 0.454 e. The average Bonchev–Trinajstić information content (AvgIpc) is 3.21. The van der Waals surface area contributed by atoms with Crippen LogP contribution in [0.3, 0.4) is 0 Å². The Bertz CT molecular complexity index is 982. The third-order valence-electron chi connectivity index (χ3n) is 4.25. The molecule has 27 heavy (non-hydrogen) atoms. The van der Waals surface area contributed by atoms with Crippen LogP contribution >= 0.6 is 11.6 Å². The summed E-state index contributed by atoms with van der Waals surface area (Å²) < 4.78 is 10.7. The van der Waals surface area contributed by atoms with Crippen LogP contribution in [-0.2, 0) is 9.59 Å². The highest BCUT2D eigenvalue weighted by Gasteiger charge is 2.38. The molecule has 0 atom stereocenters. The van der Waals surface area contributed by atoms with Gasteiger partial charge < -0.3 is 14.8 Å². The maximum Gasteiger partial charge on any atom is 0.278 e. The molecule has 0 saturated heterocycles. The smallest absolute Gasteiger partial charge is 0.278 e. The molecular formula is C20H15ClN2O4. The summed E-state index contributed by atoms with van der Waals surface area (Å²) in [6.07, 6.45) is 1.51. The number of nitrogens with one attached hydrogen (secondary N) is 1. The van der Waals surface area contributed by atoms with Crippen molar-refractivity contribution in [1.82, 2.24) is 4.90 Å². The van der Waals surface area contributed by atoms with E-state index in [2.05, 4.69) is 11.9 Å². The number of carbonyl (C=O) groups is 2. The van der Waals surface area contributed by atoms with Crippen molar-refractivity contribution < 1.29 is 19.1 Å². The zero-order chi connectivity index (χ0) is 19.0. The van der Waals surface area contributed by atoms with E-state index in [-0.39, 0.29) is 30.5 Å². The average molecular weight is 383 g/mol. The quantitative estimate of drug-likeness (QED) is 0.633. The molecule has 2 aromatic carbocycles. The summed E-state index contributed by atoms with van der Waals surface area (Å²) in [4.78, 5) is 26.9. The third kappa shape index (κ3) is 3.04. The van der Waals surface area contributed by atoms with Crippen LogP contribution in [-0.4, -0.2) is 30.1 Å². The van der Waals surface area contributed by atoms with Crippen LogP contribution in [0.2, 0.25) is 5.02 Å². The Morgan fingerprint density at radius 1 is 1.07 bits per heavy atom. The van der Waals surface area contributed by atoms with Gasteiger partial charge in [-0.05, 0) is 29.8 Å². The number of carbonyl (C=O) groups excluding carboxylic acids is 2. The molecule has 6 nitrogen and oxygen atoms in total. The predicted molar refractivity (Wildman–Crippen MR) is 101 cm³/mol. The molecule has 2 aromatic rings. The van der Waals surface area contributed by atoms with Crippen molar-refractivity contribution in [2.24, 2.45) is 0 Å². The number of hydrogen-bond donors (Lipinski definition) is 1. The van der Waals surface area contributed by atoms with Gasteiger partial charge in [0.25, 0.3) is 11.8 Å². The fraction of sp³-hybridized carbons (Fsp3) is 0.100. The second kappa shape index (κ2) is 6.81. The molecule has 2 heterocycles. The number of rotatable bonds is 5. The van der Waals surface area contributed by atoms with E-state index in [1.54, 1.807) is 42.5 Å². The van der Waals surface area contributed by atoms with Crippen LogP contribution in [0.15, 0.2) is 60.8 Å². The molecule has 0 radical (unpaired) electrons. The first-order valence-electron chi connectivity index (χ1n) is 8.22. The van der Waals surface area contributed by atoms with Gasteiger partial charge in [-0.2, -0.15) is 0 Å². The van der Waals surface area contributed by atoms with Gasteiger partial charge >= 0.3 is 0 Å². The summed E-state index contributed by atoms with van der Waals surface area (Å²) in [6, 6.07) is 12.0. The van der Waals surface area contributed by atoms with Gasteiger partial charge in [0, 0.05) is 23.3 Å². The molecular weight excluding hydrogens is 368 g/mol. The zero-order valence-electron chi connectivity index (χ0n) is 14.2. The molecule has 0 fully saturated rings. The van der Waals surface area contributed by atoms with Gasteiger partial charge in [-0.1, -0.05) is 29.8 Å². The summed E-state index contributed by atoms with van der Waals surface area (Å²) in [6.45, 7) is 3.90. The Morgan fingerprint density at radius 3 is 2.56 bits per heavy atom. The highest BCUT2D eigenvalue weighted by molar-refractivity contribution is 6.37. The number of hydrogen-bond acceptors (Lipinski definition) is 5. The van der Waals surface area contributed by atoms with Crippen molar-refractivity contribution in [3.8, 4) is 11.5 Å². The molecule has 0 saturated carbocycles. The lowest BCUT2D eigenvalue weighted by Crippen LogP contribution is -2.32. The molecule has 0 aromatic heterocycles. The number of anilines is 1. The van der Waals surface area contributed by atoms with Crippen LogP contribution in [0.1, 0.15) is 5.56 Å². The van der Waals surface area contributed by atoms with Gasteiger partial charge in [0.2, 0.25) is 6.79 Å². The van der Waals surface area contributed by atoms with E-state index >= 15 is 0 Å². The van der Waals surface area contributed by atoms with Crippen molar-refractivity contribution >= 4 is 34.7 Å². The lowest BCUT2D eigenvalue weighted by Gasteiger charge is -2.12. The first-order chi connectivity index (χ1) is 13.1. The lowest BCUT2D eigenvalue weighted by atomic mass is 10.0. The monoisotopic (exact) mass is 382 g/mol. The molecule has 2 amide bonds. The summed E-state index contributed by atoms with van der Waals surface area (Å²) in [7, 11) is 0. The Morgan fingerprint density at radius 2 is 1.81 bits per heavy atom. The standard InChI is InChI=1S/C20H15ClN2O4/c1-2-9-23-19(24)17(12-3-5-13(21)6-4-12)18(20(23)25)22-14-7-8-15-16(10-14)27-11-26-15/h2-8,10,22H,1,9,11H2. The van der Waals surface area contributed by atoms with E-state index in [1.165, 1.54) is 6.08 Å². The Balaban J connectivity index is 1.76. The van der Waals surface area contributed by atoms with Crippen molar-refractivity contribution in [3.63, 3.8) is 0 Å². The van der Waals surface area contributed by atoms with Crippen LogP contribution in [0.4, 0.5) is 5.69 Å². The molecule has 0 spiro atoms. The van der Waals surface area contributed by atoms with Crippen molar-refractivity contribution in [3.05, 3.63) is 71.4 Å². The van der Waals surface area contributed by atoms with Gasteiger partial charge in [0.15, 0.2) is 11.5 Å². The SMILES string of the molecule is C=CCN1C(=O)C(Nc2ccc3c(c2)OCO3)=C(c2ccc(Cl)cc2)C1=O. The number of halogens is 1. The maximum atomic E-state index is 12.9. The highest BCUT2D eigenvalue weighted by atomic mass is 35.5. The fourth-order valence-electron chi connectivity index (χ4n) is 2.99. The third-order valence-corrected chi connectivity index (χ3v) is 4.51. The molecule has 0 aliphatic carbocycles. The molecule has 0 unspecified atom stereocenters. The van der Waals surface area contributed by atoms with Crippen molar-refractivity contribution in [1.29, 1.82) is 0 Å². The zero-order valence-corrected chi connectivity index (χ0v) is 15.0. The van der Waals surface area contributed by atoms with Crippen LogP contribution in [0.25, 0.3) is 5.57 Å². The fourth-order valence-corrected chi connectivity index (χ4v) is 3.12. The van der Waals surface area contributed by atoms with Crippen molar-refractivity contribution in [2.45, 2.75) is 0 Å². The van der Waals surface area contributed by atoms with E-state index in [0.717, 1.165) is 4.90 Å². The van der Waals surface area contributed by atoms with Gasteiger partial charge in [-0.15, -0.1) is 6.58 Å². The Labute approximate surface area is 160 Å². The van der Waals surface area contributed by atoms with Crippen LogP contribution < -0.4 is 14.8 Å². The lowest BCUT2D eigenvalue weighted by molar-refractivity contribution is -0.136. The summed E-state index contributed by atoms with van der Waals surface area (Å²) >= 11 is 5.95. The number of amides is 2. The molecule has 136 valence electrons. The summed E-state index contributed by atoms with van der Waals surface area (Å²) in [5, 5.41) is 3.61. The minimum atomic E-state index is -0.414. The van der Waals surface area contributed by atoms with E-state index in [9.17, 15) is 9.59 Å². The van der Waals surface area contributed by atoms with E-state index in [1.807, 2.05) is 0 Å². The van der Waals surface area contributed by atoms with Crippen LogP contribution in [0, 0.1) is 0 Å². The summed E-state index contributed by atoms with van der Waals surface area (Å²) in [5.41, 5.74) is 1.70.